The monoisotopic (exact) mass is 278 g/mol. The highest BCUT2D eigenvalue weighted by atomic mass is 16.5. The highest BCUT2D eigenvalue weighted by molar-refractivity contribution is 5.90. The van der Waals surface area contributed by atoms with Crippen LogP contribution in [-0.2, 0) is 0 Å². The van der Waals surface area contributed by atoms with E-state index >= 15 is 0 Å². The van der Waals surface area contributed by atoms with Crippen LogP contribution in [0, 0.1) is 11.3 Å². The van der Waals surface area contributed by atoms with E-state index in [-0.39, 0.29) is 0 Å². The van der Waals surface area contributed by atoms with Gasteiger partial charge >= 0.3 is 0 Å². The molecule has 0 N–H and O–H groups in total. The highest BCUT2D eigenvalue weighted by Crippen LogP contribution is 2.28. The molecule has 0 fully saturated rings. The molecule has 0 aliphatic rings. The summed E-state index contributed by atoms with van der Waals surface area (Å²) in [5.41, 5.74) is 3.47. The molecule has 0 saturated heterocycles. The lowest BCUT2D eigenvalue weighted by Crippen LogP contribution is -2.08. The third kappa shape index (κ3) is 3.43. The number of hydrogen-bond acceptors (Lipinski definition) is 3. The van der Waals surface area contributed by atoms with Crippen molar-refractivity contribution in [3.05, 3.63) is 59.7 Å². The molecule has 0 heterocycles. The fourth-order valence-corrected chi connectivity index (χ4v) is 2.05. The van der Waals surface area contributed by atoms with E-state index in [1.54, 1.807) is 7.11 Å². The molecule has 0 unspecified atom stereocenters. The lowest BCUT2D eigenvalue weighted by Gasteiger charge is -2.15. The first-order chi connectivity index (χ1) is 10.2. The predicted molar refractivity (Wildman–Crippen MR) is 87.2 cm³/mol. The molecule has 2 rings (SSSR count). The first kappa shape index (κ1) is 14.7. The summed E-state index contributed by atoms with van der Waals surface area (Å²) in [5.74, 6) is 0.755. The molecule has 0 bridgehead atoms. The predicted octanol–water partition coefficient (Wildman–Crippen LogP) is 3.83. The summed E-state index contributed by atoms with van der Waals surface area (Å²) in [7, 11) is 5.60. The lowest BCUT2D eigenvalue weighted by molar-refractivity contribution is 0.414. The minimum absolute atomic E-state index is 0.617. The van der Waals surface area contributed by atoms with E-state index in [0.29, 0.717) is 5.57 Å². The van der Waals surface area contributed by atoms with Crippen molar-refractivity contribution >= 4 is 17.3 Å². The average molecular weight is 278 g/mol. The normalized spacial score (nSPS) is 10.9. The van der Waals surface area contributed by atoms with Gasteiger partial charge in [-0.3, -0.25) is 0 Å². The Labute approximate surface area is 125 Å². The van der Waals surface area contributed by atoms with Crippen LogP contribution in [0.5, 0.6) is 5.75 Å². The second-order valence-corrected chi connectivity index (χ2v) is 4.86. The maximum Gasteiger partial charge on any atom is 0.128 e. The largest absolute Gasteiger partial charge is 0.496 e. The van der Waals surface area contributed by atoms with Gasteiger partial charge in [-0.1, -0.05) is 30.3 Å². The van der Waals surface area contributed by atoms with Crippen LogP contribution in [0.4, 0.5) is 5.69 Å². The molecule has 0 radical (unpaired) electrons. The molecule has 106 valence electrons. The molecule has 0 aromatic heterocycles. The Bertz CT molecular complexity index is 682. The van der Waals surface area contributed by atoms with Crippen LogP contribution in [-0.4, -0.2) is 21.2 Å². The second kappa shape index (κ2) is 6.62. The van der Waals surface area contributed by atoms with Gasteiger partial charge in [0.2, 0.25) is 0 Å². The number of anilines is 1. The van der Waals surface area contributed by atoms with Crippen LogP contribution in [0.3, 0.4) is 0 Å². The van der Waals surface area contributed by atoms with E-state index in [2.05, 4.69) is 6.07 Å². The van der Waals surface area contributed by atoms with Gasteiger partial charge in [-0.25, -0.2) is 0 Å². The van der Waals surface area contributed by atoms with Crippen LogP contribution in [0.1, 0.15) is 11.1 Å². The molecule has 3 nitrogen and oxygen atoms in total. The number of allylic oxidation sites excluding steroid dienone is 1. The molecule has 0 saturated carbocycles. The van der Waals surface area contributed by atoms with E-state index in [9.17, 15) is 5.26 Å². The van der Waals surface area contributed by atoms with Gasteiger partial charge in [0.1, 0.15) is 5.75 Å². The van der Waals surface area contributed by atoms with E-state index in [4.69, 9.17) is 4.74 Å². The van der Waals surface area contributed by atoms with Gasteiger partial charge in [-0.2, -0.15) is 5.26 Å². The molecule has 0 amide bonds. The van der Waals surface area contributed by atoms with Crippen molar-refractivity contribution in [2.75, 3.05) is 26.1 Å². The third-order valence-corrected chi connectivity index (χ3v) is 3.24. The molecule has 3 heteroatoms. The van der Waals surface area contributed by atoms with Gasteiger partial charge < -0.3 is 9.64 Å². The van der Waals surface area contributed by atoms with Crippen molar-refractivity contribution in [2.24, 2.45) is 0 Å². The minimum Gasteiger partial charge on any atom is -0.496 e. The Morgan fingerprint density at radius 3 is 2.43 bits per heavy atom. The molecular formula is C18H18N2O. The lowest BCUT2D eigenvalue weighted by atomic mass is 10.0. The smallest absolute Gasteiger partial charge is 0.128 e. The van der Waals surface area contributed by atoms with Gasteiger partial charge in [-0.15, -0.1) is 0 Å². The molecule has 2 aromatic carbocycles. The first-order valence-electron chi connectivity index (χ1n) is 6.68. The maximum atomic E-state index is 9.38. The van der Waals surface area contributed by atoms with Crippen LogP contribution in [0.25, 0.3) is 11.6 Å². The number of rotatable bonds is 4. The number of methoxy groups -OCH3 is 1. The summed E-state index contributed by atoms with van der Waals surface area (Å²) in [5, 5.41) is 9.38. The van der Waals surface area contributed by atoms with Crippen molar-refractivity contribution in [3.63, 3.8) is 0 Å². The second-order valence-electron chi connectivity index (χ2n) is 4.86. The standard InChI is InChI=1S/C18H18N2O/c1-20(2)17-10-9-15(18(12-17)21-3)11-16(13-19)14-7-5-4-6-8-14/h4-12H,1-3H3. The molecule has 0 atom stereocenters. The third-order valence-electron chi connectivity index (χ3n) is 3.24. The number of nitrogens with zero attached hydrogens (tertiary/aromatic N) is 2. The quantitative estimate of drug-likeness (QED) is 0.630. The fraction of sp³-hybridized carbons (Fsp3) is 0.167. The Morgan fingerprint density at radius 1 is 1.14 bits per heavy atom. The summed E-state index contributed by atoms with van der Waals surface area (Å²) >= 11 is 0. The van der Waals surface area contributed by atoms with Gasteiger partial charge in [-0.05, 0) is 23.8 Å². The molecule has 0 spiro atoms. The van der Waals surface area contributed by atoms with Crippen molar-refractivity contribution in [1.82, 2.24) is 0 Å². The van der Waals surface area contributed by atoms with Crippen LogP contribution in [0.15, 0.2) is 48.5 Å². The van der Waals surface area contributed by atoms with Gasteiger partial charge in [0.25, 0.3) is 0 Å². The molecule has 0 aliphatic heterocycles. The number of ether oxygens (including phenoxy) is 1. The summed E-state index contributed by atoms with van der Waals surface area (Å²) in [6, 6.07) is 17.8. The molecular weight excluding hydrogens is 260 g/mol. The zero-order valence-corrected chi connectivity index (χ0v) is 12.5. The summed E-state index contributed by atoms with van der Waals surface area (Å²) < 4.78 is 5.44. The highest BCUT2D eigenvalue weighted by Gasteiger charge is 2.06. The van der Waals surface area contributed by atoms with E-state index < -0.39 is 0 Å². The van der Waals surface area contributed by atoms with Crippen molar-refractivity contribution in [3.8, 4) is 11.8 Å². The molecule has 21 heavy (non-hydrogen) atoms. The number of benzene rings is 2. The van der Waals surface area contributed by atoms with Crippen LogP contribution < -0.4 is 9.64 Å². The van der Waals surface area contributed by atoms with Gasteiger partial charge in [0, 0.05) is 31.4 Å². The topological polar surface area (TPSA) is 36.3 Å². The molecule has 2 aromatic rings. The summed E-state index contributed by atoms with van der Waals surface area (Å²) in [4.78, 5) is 2.01. The summed E-state index contributed by atoms with van der Waals surface area (Å²) in [6.07, 6.45) is 1.85. The van der Waals surface area contributed by atoms with Crippen LogP contribution in [0.2, 0.25) is 0 Å². The first-order valence-corrected chi connectivity index (χ1v) is 6.68. The van der Waals surface area contributed by atoms with Gasteiger partial charge in [0.15, 0.2) is 0 Å². The SMILES string of the molecule is COc1cc(N(C)C)ccc1C=C(C#N)c1ccccc1. The summed E-state index contributed by atoms with van der Waals surface area (Å²) in [6.45, 7) is 0. The Morgan fingerprint density at radius 2 is 1.86 bits per heavy atom. The minimum atomic E-state index is 0.617. The zero-order chi connectivity index (χ0) is 15.2. The zero-order valence-electron chi connectivity index (χ0n) is 12.5. The number of nitriles is 1. The number of hydrogen-bond donors (Lipinski definition) is 0. The van der Waals surface area contributed by atoms with E-state index in [1.807, 2.05) is 73.6 Å². The Kier molecular flexibility index (Phi) is 4.63. The maximum absolute atomic E-state index is 9.38. The fourth-order valence-electron chi connectivity index (χ4n) is 2.05. The van der Waals surface area contributed by atoms with Crippen molar-refractivity contribution < 1.29 is 4.74 Å². The van der Waals surface area contributed by atoms with Gasteiger partial charge in [0.05, 0.1) is 18.8 Å². The van der Waals surface area contributed by atoms with E-state index in [1.165, 1.54) is 0 Å². The van der Waals surface area contributed by atoms with Crippen LogP contribution >= 0.6 is 0 Å². The van der Waals surface area contributed by atoms with Crippen molar-refractivity contribution in [1.29, 1.82) is 5.26 Å². The Balaban J connectivity index is 2.46. The molecule has 0 aliphatic carbocycles. The average Bonchev–Trinajstić information content (AvgIpc) is 2.53. The van der Waals surface area contributed by atoms with Crippen molar-refractivity contribution in [2.45, 2.75) is 0 Å². The van der Waals surface area contributed by atoms with E-state index in [0.717, 1.165) is 22.6 Å². The Hall–Kier alpha value is -2.73.